The van der Waals surface area contributed by atoms with Crippen molar-refractivity contribution >= 4 is 22.3 Å². The van der Waals surface area contributed by atoms with E-state index in [1.807, 2.05) is 13.8 Å². The molecule has 0 radical (unpaired) electrons. The van der Waals surface area contributed by atoms with Crippen LogP contribution in [0, 0.1) is 6.92 Å². The molecule has 7 nitrogen and oxygen atoms in total. The number of nitrogens with one attached hydrogen (secondary N) is 1. The van der Waals surface area contributed by atoms with Gasteiger partial charge in [0.05, 0.1) is 12.8 Å². The Hall–Kier alpha value is -2.46. The molecular formula is C19H22F2N4O3S. The van der Waals surface area contributed by atoms with Crippen LogP contribution in [-0.2, 0) is 23.3 Å². The van der Waals surface area contributed by atoms with Crippen molar-refractivity contribution < 1.29 is 22.8 Å². The Morgan fingerprint density at radius 3 is 2.79 bits per heavy atom. The number of aromatic amines is 1. The molecule has 3 aromatic heterocycles. The maximum Gasteiger partial charge on any atom is 0.323 e. The minimum atomic E-state index is -2.59. The number of alkyl halides is 2. The highest BCUT2D eigenvalue weighted by molar-refractivity contribution is 7.90. The summed E-state index contributed by atoms with van der Waals surface area (Å²) in [6.45, 7) is 3.08. The van der Waals surface area contributed by atoms with Crippen molar-refractivity contribution in [2.24, 2.45) is 0 Å². The van der Waals surface area contributed by atoms with Gasteiger partial charge >= 0.3 is 5.16 Å². The number of hydrogen-bond donors (Lipinski definition) is 1. The number of nitrogens with zero attached hydrogens (tertiary/aromatic N) is 3. The molecule has 1 unspecified atom stereocenters. The average Bonchev–Trinajstić information content (AvgIpc) is 3.11. The lowest BCUT2D eigenvalue weighted by atomic mass is 10.1. The first-order valence-corrected chi connectivity index (χ1v) is 10.4. The molecule has 3 heterocycles. The standard InChI is InChI=1S/C19H22F2N4O3S/c1-4-5-12-8-13-17(24-18(12)28-9-16(20)21)25-19(23-13)29(26)10-14-11(2)15(27-3)6-7-22-14/h6-8,16H,4-5,9-10H2,1-3H3,(H,23,24,25). The van der Waals surface area contributed by atoms with Gasteiger partial charge in [-0.2, -0.15) is 9.97 Å². The monoisotopic (exact) mass is 424 g/mol. The molecule has 0 aromatic carbocycles. The van der Waals surface area contributed by atoms with Crippen molar-refractivity contribution in [3.05, 3.63) is 35.2 Å². The second-order valence-electron chi connectivity index (χ2n) is 6.39. The number of pyridine rings is 2. The van der Waals surface area contributed by atoms with E-state index >= 15 is 0 Å². The molecule has 0 aliphatic rings. The summed E-state index contributed by atoms with van der Waals surface area (Å²) in [7, 11) is 1.57. The number of methoxy groups -OCH3 is 1. The third-order valence-corrected chi connectivity index (χ3v) is 5.48. The quantitative estimate of drug-likeness (QED) is 0.528. The van der Waals surface area contributed by atoms with Gasteiger partial charge in [-0.3, -0.25) is 9.97 Å². The Balaban J connectivity index is 1.88. The molecule has 1 N–H and O–H groups in total. The van der Waals surface area contributed by atoms with Gasteiger partial charge in [0.2, 0.25) is 5.88 Å². The first-order valence-electron chi connectivity index (χ1n) is 9.10. The van der Waals surface area contributed by atoms with Crippen LogP contribution in [0.2, 0.25) is 0 Å². The summed E-state index contributed by atoms with van der Waals surface area (Å²) in [5, 5.41) is 0.241. The third-order valence-electron chi connectivity index (χ3n) is 4.32. The fourth-order valence-corrected chi connectivity index (χ4v) is 3.97. The molecule has 29 heavy (non-hydrogen) atoms. The summed E-state index contributed by atoms with van der Waals surface area (Å²) >= 11 is -1.50. The minimum absolute atomic E-state index is 0.144. The van der Waals surface area contributed by atoms with Crippen LogP contribution in [0.1, 0.15) is 30.2 Å². The predicted molar refractivity (Wildman–Crippen MR) is 105 cm³/mol. The van der Waals surface area contributed by atoms with Crippen LogP contribution in [0.5, 0.6) is 11.6 Å². The molecule has 1 atom stereocenters. The summed E-state index contributed by atoms with van der Waals surface area (Å²) in [5.41, 5.74) is 2.99. The number of fused-ring (bicyclic) bond motifs is 1. The SMILES string of the molecule is CCCc1cc2nc([S+]([O-])Cc3nccc(OC)c3C)[nH]c2nc1OCC(F)F. The summed E-state index contributed by atoms with van der Waals surface area (Å²) in [6, 6.07) is 3.47. The lowest BCUT2D eigenvalue weighted by Crippen LogP contribution is -2.10. The predicted octanol–water partition coefficient (Wildman–Crippen LogP) is 3.57. The summed E-state index contributed by atoms with van der Waals surface area (Å²) in [4.78, 5) is 15.8. The van der Waals surface area contributed by atoms with E-state index in [9.17, 15) is 13.3 Å². The number of imidazole rings is 1. The first-order chi connectivity index (χ1) is 13.9. The number of aryl methyl sites for hydroxylation is 1. The largest absolute Gasteiger partial charge is 0.609 e. The van der Waals surface area contributed by atoms with Crippen molar-refractivity contribution in [2.75, 3.05) is 13.7 Å². The van der Waals surface area contributed by atoms with E-state index < -0.39 is 24.2 Å². The number of aromatic nitrogens is 4. The summed E-state index contributed by atoms with van der Waals surface area (Å²) in [6.07, 6.45) is 0.412. The molecule has 0 amide bonds. The van der Waals surface area contributed by atoms with Gasteiger partial charge in [-0.15, -0.1) is 0 Å². The van der Waals surface area contributed by atoms with Gasteiger partial charge in [-0.1, -0.05) is 13.3 Å². The van der Waals surface area contributed by atoms with E-state index in [0.717, 1.165) is 12.0 Å². The smallest absolute Gasteiger partial charge is 0.323 e. The topological polar surface area (TPSA) is 96.0 Å². The molecule has 3 aromatic rings. The van der Waals surface area contributed by atoms with Crippen LogP contribution < -0.4 is 9.47 Å². The highest BCUT2D eigenvalue weighted by atomic mass is 32.2. The number of H-pyrrole nitrogens is 1. The Kier molecular flexibility index (Phi) is 6.86. The van der Waals surface area contributed by atoms with E-state index in [1.54, 1.807) is 25.4 Å². The highest BCUT2D eigenvalue weighted by Gasteiger charge is 2.22. The van der Waals surface area contributed by atoms with Crippen molar-refractivity contribution in [1.29, 1.82) is 0 Å². The number of hydrogen-bond acceptors (Lipinski definition) is 6. The van der Waals surface area contributed by atoms with Crippen LogP contribution in [0.3, 0.4) is 0 Å². The third kappa shape index (κ3) is 4.94. The lowest BCUT2D eigenvalue weighted by molar-refractivity contribution is 0.0792. The zero-order valence-corrected chi connectivity index (χ0v) is 17.2. The maximum absolute atomic E-state index is 12.8. The van der Waals surface area contributed by atoms with Crippen molar-refractivity contribution in [2.45, 2.75) is 44.0 Å². The first kappa shape index (κ1) is 21.3. The zero-order chi connectivity index (χ0) is 21.0. The zero-order valence-electron chi connectivity index (χ0n) is 16.4. The lowest BCUT2D eigenvalue weighted by Gasteiger charge is -2.10. The Labute approximate surface area is 170 Å². The van der Waals surface area contributed by atoms with Crippen LogP contribution in [-0.4, -0.2) is 44.6 Å². The second-order valence-corrected chi connectivity index (χ2v) is 7.76. The van der Waals surface area contributed by atoms with Gasteiger partial charge in [0.15, 0.2) is 18.0 Å². The molecule has 0 aliphatic carbocycles. The average molecular weight is 424 g/mol. The van der Waals surface area contributed by atoms with Crippen LogP contribution in [0.25, 0.3) is 11.2 Å². The molecule has 0 saturated carbocycles. The van der Waals surface area contributed by atoms with Gasteiger partial charge in [-0.05, 0) is 25.5 Å². The Morgan fingerprint density at radius 2 is 2.10 bits per heavy atom. The Morgan fingerprint density at radius 1 is 1.31 bits per heavy atom. The fraction of sp³-hybridized carbons (Fsp3) is 0.421. The van der Waals surface area contributed by atoms with E-state index in [-0.39, 0.29) is 16.8 Å². The van der Waals surface area contributed by atoms with Crippen LogP contribution >= 0.6 is 0 Å². The molecule has 0 aliphatic heterocycles. The van der Waals surface area contributed by atoms with Gasteiger partial charge in [0.1, 0.15) is 11.3 Å². The van der Waals surface area contributed by atoms with Gasteiger partial charge in [0.25, 0.3) is 6.43 Å². The molecule has 3 rings (SSSR count). The van der Waals surface area contributed by atoms with Gasteiger partial charge in [-0.25, -0.2) is 8.78 Å². The fourth-order valence-electron chi connectivity index (χ4n) is 2.88. The van der Waals surface area contributed by atoms with E-state index in [2.05, 4.69) is 19.9 Å². The molecule has 0 saturated heterocycles. The number of rotatable bonds is 9. The van der Waals surface area contributed by atoms with Crippen LogP contribution in [0.15, 0.2) is 23.5 Å². The normalized spacial score (nSPS) is 12.5. The van der Waals surface area contributed by atoms with E-state index in [1.165, 1.54) is 0 Å². The van der Waals surface area contributed by atoms with Gasteiger partial charge < -0.3 is 14.0 Å². The van der Waals surface area contributed by atoms with E-state index in [4.69, 9.17) is 9.47 Å². The van der Waals surface area contributed by atoms with Crippen molar-refractivity contribution in [1.82, 2.24) is 19.9 Å². The maximum atomic E-state index is 12.8. The summed E-state index contributed by atoms with van der Waals surface area (Å²) in [5.74, 6) is 0.966. The van der Waals surface area contributed by atoms with Crippen molar-refractivity contribution in [3.63, 3.8) is 0 Å². The molecule has 156 valence electrons. The second kappa shape index (κ2) is 9.36. The summed E-state index contributed by atoms with van der Waals surface area (Å²) < 4.78 is 48.3. The number of halogens is 2. The highest BCUT2D eigenvalue weighted by Crippen LogP contribution is 2.26. The van der Waals surface area contributed by atoms with Gasteiger partial charge in [0, 0.05) is 28.5 Å². The minimum Gasteiger partial charge on any atom is -0.609 e. The molecule has 10 heteroatoms. The Bertz CT molecular complexity index is 983. The molecule has 0 fully saturated rings. The molecule has 0 spiro atoms. The molecular weight excluding hydrogens is 402 g/mol. The molecule has 0 bridgehead atoms. The van der Waals surface area contributed by atoms with E-state index in [0.29, 0.717) is 34.6 Å². The number of ether oxygens (including phenoxy) is 2. The van der Waals surface area contributed by atoms with Crippen LogP contribution in [0.4, 0.5) is 8.78 Å². The van der Waals surface area contributed by atoms with Crippen molar-refractivity contribution in [3.8, 4) is 11.6 Å².